The summed E-state index contributed by atoms with van der Waals surface area (Å²) in [7, 11) is 0. The molecule has 0 spiro atoms. The molecule has 24 heavy (non-hydrogen) atoms. The molecule has 0 aliphatic heterocycles. The van der Waals surface area contributed by atoms with Gasteiger partial charge in [-0.15, -0.1) is 0 Å². The van der Waals surface area contributed by atoms with Gasteiger partial charge in [0.1, 0.15) is 5.82 Å². The Kier molecular flexibility index (Phi) is 4.60. The Bertz CT molecular complexity index is 775. The summed E-state index contributed by atoms with van der Waals surface area (Å²) in [5.41, 5.74) is 2.58. The van der Waals surface area contributed by atoms with Crippen molar-refractivity contribution >= 4 is 17.5 Å². The Morgan fingerprint density at radius 2 is 1.83 bits per heavy atom. The van der Waals surface area contributed by atoms with Gasteiger partial charge in [-0.2, -0.15) is 0 Å². The summed E-state index contributed by atoms with van der Waals surface area (Å²) in [6, 6.07) is 13.6. The van der Waals surface area contributed by atoms with E-state index in [1.165, 1.54) is 18.2 Å². The maximum absolute atomic E-state index is 13.1. The zero-order valence-corrected chi connectivity index (χ0v) is 13.4. The summed E-state index contributed by atoms with van der Waals surface area (Å²) < 4.78 is 13.1. The van der Waals surface area contributed by atoms with Crippen LogP contribution in [0, 0.1) is 24.6 Å². The van der Waals surface area contributed by atoms with E-state index in [2.05, 4.69) is 10.6 Å². The number of nitrogens with one attached hydrogen (secondary N) is 2. The lowest BCUT2D eigenvalue weighted by Gasteiger charge is -2.07. The predicted molar refractivity (Wildman–Crippen MR) is 89.7 cm³/mol. The Labute approximate surface area is 140 Å². The van der Waals surface area contributed by atoms with Gasteiger partial charge in [-0.05, 0) is 37.1 Å². The fourth-order valence-electron chi connectivity index (χ4n) is 2.72. The van der Waals surface area contributed by atoms with Gasteiger partial charge in [0.15, 0.2) is 0 Å². The summed E-state index contributed by atoms with van der Waals surface area (Å²) in [4.78, 5) is 24.2. The number of hydrogen-bond acceptors (Lipinski definition) is 2. The highest BCUT2D eigenvalue weighted by Gasteiger charge is 2.47. The van der Waals surface area contributed by atoms with Gasteiger partial charge < -0.3 is 10.6 Å². The molecule has 3 rings (SSSR count). The number of hydrogen-bond donors (Lipinski definition) is 2. The predicted octanol–water partition coefficient (Wildman–Crippen LogP) is 3.03. The molecule has 0 bridgehead atoms. The van der Waals surface area contributed by atoms with Crippen LogP contribution < -0.4 is 10.6 Å². The van der Waals surface area contributed by atoms with Gasteiger partial charge in [-0.3, -0.25) is 9.59 Å². The second-order valence-corrected chi connectivity index (χ2v) is 6.16. The molecule has 0 heterocycles. The number of halogens is 1. The normalized spacial score (nSPS) is 18.8. The van der Waals surface area contributed by atoms with E-state index in [1.54, 1.807) is 6.07 Å². The smallest absolute Gasteiger partial charge is 0.228 e. The molecule has 5 heteroatoms. The molecule has 2 N–H and O–H groups in total. The van der Waals surface area contributed by atoms with E-state index in [-0.39, 0.29) is 23.7 Å². The molecule has 1 aliphatic rings. The van der Waals surface area contributed by atoms with Gasteiger partial charge >= 0.3 is 0 Å². The average molecular weight is 326 g/mol. The molecular formula is C19H19FN2O2. The first-order chi connectivity index (χ1) is 11.5. The Morgan fingerprint density at radius 1 is 1.08 bits per heavy atom. The van der Waals surface area contributed by atoms with Crippen LogP contribution in [0.1, 0.15) is 17.5 Å². The third-order valence-corrected chi connectivity index (χ3v) is 4.11. The minimum absolute atomic E-state index is 0.115. The first-order valence-electron chi connectivity index (χ1n) is 7.92. The van der Waals surface area contributed by atoms with E-state index < -0.39 is 5.82 Å². The first kappa shape index (κ1) is 16.2. The molecule has 0 radical (unpaired) electrons. The summed E-state index contributed by atoms with van der Waals surface area (Å²) >= 11 is 0. The van der Waals surface area contributed by atoms with Crippen molar-refractivity contribution in [3.05, 3.63) is 65.5 Å². The Hall–Kier alpha value is -2.69. The Morgan fingerprint density at radius 3 is 2.58 bits per heavy atom. The topological polar surface area (TPSA) is 58.2 Å². The molecule has 2 unspecified atom stereocenters. The third-order valence-electron chi connectivity index (χ3n) is 4.11. The van der Waals surface area contributed by atoms with Gasteiger partial charge in [0.05, 0.1) is 11.8 Å². The summed E-state index contributed by atoms with van der Waals surface area (Å²) in [6.07, 6.45) is 0.529. The average Bonchev–Trinajstić information content (AvgIpc) is 3.33. The molecular weight excluding hydrogens is 307 g/mol. The number of aryl methyl sites for hydroxylation is 1. The zero-order chi connectivity index (χ0) is 17.1. The van der Waals surface area contributed by atoms with Crippen LogP contribution in [0.25, 0.3) is 0 Å². The van der Waals surface area contributed by atoms with E-state index in [9.17, 15) is 14.0 Å². The highest BCUT2D eigenvalue weighted by Crippen LogP contribution is 2.39. The van der Waals surface area contributed by atoms with Crippen molar-refractivity contribution in [2.24, 2.45) is 11.8 Å². The van der Waals surface area contributed by atoms with E-state index in [0.29, 0.717) is 18.7 Å². The highest BCUT2D eigenvalue weighted by molar-refractivity contribution is 5.99. The second kappa shape index (κ2) is 6.83. The number of anilines is 1. The first-order valence-corrected chi connectivity index (χ1v) is 7.92. The molecule has 1 aliphatic carbocycles. The van der Waals surface area contributed by atoms with Crippen molar-refractivity contribution in [2.75, 3.05) is 5.32 Å². The zero-order valence-electron chi connectivity index (χ0n) is 13.4. The minimum atomic E-state index is -0.406. The van der Waals surface area contributed by atoms with Crippen molar-refractivity contribution in [1.29, 1.82) is 0 Å². The summed E-state index contributed by atoms with van der Waals surface area (Å²) in [5.74, 6) is -1.41. The SMILES string of the molecule is Cc1cccc(CNC(=O)C2CC2C(=O)Nc2cccc(F)c2)c1. The van der Waals surface area contributed by atoms with E-state index in [1.807, 2.05) is 31.2 Å². The molecule has 1 saturated carbocycles. The van der Waals surface area contributed by atoms with Crippen LogP contribution in [0.4, 0.5) is 10.1 Å². The van der Waals surface area contributed by atoms with E-state index in [4.69, 9.17) is 0 Å². The summed E-state index contributed by atoms with van der Waals surface area (Å²) in [6.45, 7) is 2.45. The van der Waals surface area contributed by atoms with Crippen LogP contribution in [0.5, 0.6) is 0 Å². The lowest BCUT2D eigenvalue weighted by molar-refractivity contribution is -0.125. The van der Waals surface area contributed by atoms with Crippen molar-refractivity contribution in [1.82, 2.24) is 5.32 Å². The lowest BCUT2D eigenvalue weighted by atomic mass is 10.1. The maximum Gasteiger partial charge on any atom is 0.228 e. The fraction of sp³-hybridized carbons (Fsp3) is 0.263. The molecule has 2 aromatic rings. The standard InChI is InChI=1S/C19H19FN2O2/c1-12-4-2-5-13(8-12)11-21-18(23)16-10-17(16)19(24)22-15-7-3-6-14(20)9-15/h2-9,16-17H,10-11H2,1H3,(H,21,23)(H,22,24). The van der Waals surface area contributed by atoms with Gasteiger partial charge in [0, 0.05) is 12.2 Å². The van der Waals surface area contributed by atoms with Crippen LogP contribution in [0.3, 0.4) is 0 Å². The molecule has 4 nitrogen and oxygen atoms in total. The Balaban J connectivity index is 1.49. The van der Waals surface area contributed by atoms with Crippen LogP contribution >= 0.6 is 0 Å². The molecule has 2 atom stereocenters. The number of benzene rings is 2. The maximum atomic E-state index is 13.1. The van der Waals surface area contributed by atoms with Gasteiger partial charge in [-0.25, -0.2) is 4.39 Å². The molecule has 0 aromatic heterocycles. The quantitative estimate of drug-likeness (QED) is 0.887. The van der Waals surface area contributed by atoms with Crippen molar-refractivity contribution in [3.8, 4) is 0 Å². The molecule has 124 valence electrons. The number of carbonyl (C=O) groups excluding carboxylic acids is 2. The van der Waals surface area contributed by atoms with Crippen LogP contribution in [0.2, 0.25) is 0 Å². The molecule has 0 saturated heterocycles. The molecule has 2 amide bonds. The van der Waals surface area contributed by atoms with Gasteiger partial charge in [0.25, 0.3) is 0 Å². The van der Waals surface area contributed by atoms with Crippen molar-refractivity contribution in [2.45, 2.75) is 19.9 Å². The van der Waals surface area contributed by atoms with Gasteiger partial charge in [-0.1, -0.05) is 35.9 Å². The van der Waals surface area contributed by atoms with Crippen molar-refractivity contribution < 1.29 is 14.0 Å². The number of carbonyl (C=O) groups is 2. The van der Waals surface area contributed by atoms with Gasteiger partial charge in [0.2, 0.25) is 11.8 Å². The highest BCUT2D eigenvalue weighted by atomic mass is 19.1. The van der Waals surface area contributed by atoms with E-state index in [0.717, 1.165) is 11.1 Å². The van der Waals surface area contributed by atoms with Crippen LogP contribution in [-0.4, -0.2) is 11.8 Å². The van der Waals surface area contributed by atoms with Crippen LogP contribution in [-0.2, 0) is 16.1 Å². The largest absolute Gasteiger partial charge is 0.352 e. The number of rotatable bonds is 5. The lowest BCUT2D eigenvalue weighted by Crippen LogP contribution is -2.27. The monoisotopic (exact) mass is 326 g/mol. The molecule has 2 aromatic carbocycles. The fourth-order valence-corrected chi connectivity index (χ4v) is 2.72. The number of amides is 2. The minimum Gasteiger partial charge on any atom is -0.352 e. The second-order valence-electron chi connectivity index (χ2n) is 6.16. The van der Waals surface area contributed by atoms with Crippen molar-refractivity contribution in [3.63, 3.8) is 0 Å². The van der Waals surface area contributed by atoms with Crippen LogP contribution in [0.15, 0.2) is 48.5 Å². The summed E-state index contributed by atoms with van der Waals surface area (Å²) in [5, 5.41) is 5.52. The van der Waals surface area contributed by atoms with E-state index >= 15 is 0 Å². The third kappa shape index (κ3) is 3.98. The molecule has 1 fully saturated rings.